The number of nitrogens with one attached hydrogen (secondary N) is 1. The number of piperidine rings is 1. The molecule has 1 atom stereocenters. The van der Waals surface area contributed by atoms with Crippen molar-refractivity contribution < 1.29 is 13.2 Å². The normalized spacial score (nSPS) is 28.2. The Bertz CT molecular complexity index is 402. The van der Waals surface area contributed by atoms with Crippen LogP contribution in [-0.4, -0.2) is 56.4 Å². The maximum atomic E-state index is 12.4. The maximum Gasteiger partial charge on any atom is 0.226 e. The Morgan fingerprint density at radius 2 is 1.94 bits per heavy atom. The zero-order valence-corrected chi connectivity index (χ0v) is 11.7. The minimum atomic E-state index is -2.92. The van der Waals surface area contributed by atoms with Gasteiger partial charge in [0.05, 0.1) is 11.5 Å². The van der Waals surface area contributed by atoms with Crippen molar-refractivity contribution in [1.82, 2.24) is 10.2 Å². The van der Waals surface area contributed by atoms with Crippen LogP contribution in [0, 0.1) is 5.92 Å². The monoisotopic (exact) mass is 274 g/mol. The number of carbonyl (C=O) groups is 1. The van der Waals surface area contributed by atoms with E-state index in [1.54, 1.807) is 4.90 Å². The molecule has 1 N–H and O–H groups in total. The second-order valence-corrected chi connectivity index (χ2v) is 7.43. The molecule has 0 spiro atoms. The van der Waals surface area contributed by atoms with Gasteiger partial charge in [-0.15, -0.1) is 0 Å². The molecule has 2 heterocycles. The van der Waals surface area contributed by atoms with E-state index >= 15 is 0 Å². The third-order valence-corrected chi connectivity index (χ3v) is 5.71. The quantitative estimate of drug-likeness (QED) is 0.788. The number of carbonyl (C=O) groups excluding carboxylic acids is 1. The van der Waals surface area contributed by atoms with Gasteiger partial charge in [0.25, 0.3) is 0 Å². The average Bonchev–Trinajstić information content (AvgIpc) is 2.71. The van der Waals surface area contributed by atoms with Gasteiger partial charge in [0, 0.05) is 18.5 Å². The summed E-state index contributed by atoms with van der Waals surface area (Å²) < 4.78 is 23.0. The van der Waals surface area contributed by atoms with Gasteiger partial charge in [0.15, 0.2) is 9.84 Å². The third-order valence-electron chi connectivity index (χ3n) is 3.96. The van der Waals surface area contributed by atoms with Crippen LogP contribution in [0.1, 0.15) is 26.2 Å². The number of sulfone groups is 1. The van der Waals surface area contributed by atoms with Gasteiger partial charge < -0.3 is 10.2 Å². The lowest BCUT2D eigenvalue weighted by Crippen LogP contribution is -2.46. The Morgan fingerprint density at radius 3 is 2.44 bits per heavy atom. The third kappa shape index (κ3) is 3.03. The molecule has 0 radical (unpaired) electrons. The van der Waals surface area contributed by atoms with Crippen molar-refractivity contribution in [1.29, 1.82) is 0 Å². The van der Waals surface area contributed by atoms with Gasteiger partial charge in [0.1, 0.15) is 0 Å². The van der Waals surface area contributed by atoms with Gasteiger partial charge in [-0.3, -0.25) is 4.79 Å². The zero-order valence-electron chi connectivity index (χ0n) is 10.9. The fraction of sp³-hybridized carbons (Fsp3) is 0.917. The van der Waals surface area contributed by atoms with Crippen LogP contribution in [0.5, 0.6) is 0 Å². The van der Waals surface area contributed by atoms with E-state index in [-0.39, 0.29) is 29.4 Å². The van der Waals surface area contributed by atoms with Gasteiger partial charge in [-0.2, -0.15) is 0 Å². The number of hydrogen-bond donors (Lipinski definition) is 1. The summed E-state index contributed by atoms with van der Waals surface area (Å²) in [5.41, 5.74) is 0. The first-order valence-corrected chi connectivity index (χ1v) is 8.57. The van der Waals surface area contributed by atoms with Crippen LogP contribution >= 0.6 is 0 Å². The molecule has 0 aromatic heterocycles. The summed E-state index contributed by atoms with van der Waals surface area (Å²) in [5, 5.41) is 3.24. The summed E-state index contributed by atoms with van der Waals surface area (Å²) in [7, 11) is -2.92. The van der Waals surface area contributed by atoms with E-state index in [0.29, 0.717) is 13.0 Å². The van der Waals surface area contributed by atoms with Crippen LogP contribution in [0.25, 0.3) is 0 Å². The van der Waals surface area contributed by atoms with Crippen molar-refractivity contribution >= 4 is 15.7 Å². The Kier molecular flexibility index (Phi) is 4.27. The topological polar surface area (TPSA) is 66.5 Å². The molecule has 6 heteroatoms. The van der Waals surface area contributed by atoms with Crippen LogP contribution in [0.3, 0.4) is 0 Å². The summed E-state index contributed by atoms with van der Waals surface area (Å²) in [5.74, 6) is 0.612. The maximum absolute atomic E-state index is 12.4. The lowest BCUT2D eigenvalue weighted by atomic mass is 9.96. The second kappa shape index (κ2) is 5.57. The van der Waals surface area contributed by atoms with Crippen LogP contribution in [-0.2, 0) is 14.6 Å². The SMILES string of the molecule is CCN(C(=O)C1CCNCC1)C1CCS(=O)(=O)C1. The van der Waals surface area contributed by atoms with Crippen LogP contribution in [0.15, 0.2) is 0 Å². The number of rotatable bonds is 3. The van der Waals surface area contributed by atoms with Crippen molar-refractivity contribution in [2.45, 2.75) is 32.2 Å². The fourth-order valence-electron chi connectivity index (χ4n) is 2.92. The molecule has 104 valence electrons. The molecule has 2 aliphatic heterocycles. The van der Waals surface area contributed by atoms with Gasteiger partial charge in [-0.05, 0) is 39.3 Å². The molecular formula is C12H22N2O3S. The molecule has 18 heavy (non-hydrogen) atoms. The van der Waals surface area contributed by atoms with Crippen LogP contribution in [0.4, 0.5) is 0 Å². The van der Waals surface area contributed by atoms with E-state index in [1.165, 1.54) is 0 Å². The van der Waals surface area contributed by atoms with Crippen molar-refractivity contribution in [3.63, 3.8) is 0 Å². The molecule has 2 fully saturated rings. The van der Waals surface area contributed by atoms with E-state index in [0.717, 1.165) is 25.9 Å². The van der Waals surface area contributed by atoms with E-state index in [2.05, 4.69) is 5.32 Å². The highest BCUT2D eigenvalue weighted by Gasteiger charge is 2.36. The van der Waals surface area contributed by atoms with Gasteiger partial charge in [0.2, 0.25) is 5.91 Å². The predicted octanol–water partition coefficient (Wildman–Crippen LogP) is 0.0216. The highest BCUT2D eigenvalue weighted by atomic mass is 32.2. The van der Waals surface area contributed by atoms with Crippen molar-refractivity contribution in [3.8, 4) is 0 Å². The summed E-state index contributed by atoms with van der Waals surface area (Å²) in [4.78, 5) is 14.2. The highest BCUT2D eigenvalue weighted by Crippen LogP contribution is 2.22. The first-order chi connectivity index (χ1) is 8.53. The minimum Gasteiger partial charge on any atom is -0.339 e. The Balaban J connectivity index is 2.01. The first kappa shape index (κ1) is 13.8. The molecule has 0 saturated carbocycles. The van der Waals surface area contributed by atoms with E-state index < -0.39 is 9.84 Å². The molecule has 0 aromatic rings. The Morgan fingerprint density at radius 1 is 1.28 bits per heavy atom. The molecule has 2 rings (SSSR count). The van der Waals surface area contributed by atoms with Crippen LogP contribution < -0.4 is 5.32 Å². The Labute approximate surface area is 109 Å². The molecule has 0 aromatic carbocycles. The lowest BCUT2D eigenvalue weighted by Gasteiger charge is -2.32. The molecule has 5 nitrogen and oxygen atoms in total. The van der Waals surface area contributed by atoms with E-state index in [9.17, 15) is 13.2 Å². The molecule has 2 saturated heterocycles. The fourth-order valence-corrected chi connectivity index (χ4v) is 4.65. The van der Waals surface area contributed by atoms with Crippen molar-refractivity contribution in [3.05, 3.63) is 0 Å². The smallest absolute Gasteiger partial charge is 0.226 e. The molecule has 1 unspecified atom stereocenters. The lowest BCUT2D eigenvalue weighted by molar-refractivity contribution is -0.138. The summed E-state index contributed by atoms with van der Waals surface area (Å²) >= 11 is 0. The van der Waals surface area contributed by atoms with E-state index in [1.807, 2.05) is 6.92 Å². The molecule has 2 aliphatic rings. The number of hydrogen-bond acceptors (Lipinski definition) is 4. The largest absolute Gasteiger partial charge is 0.339 e. The minimum absolute atomic E-state index is 0.0782. The van der Waals surface area contributed by atoms with Crippen LogP contribution in [0.2, 0.25) is 0 Å². The standard InChI is InChI=1S/C12H22N2O3S/c1-2-14(11-5-8-18(16,17)9-11)12(15)10-3-6-13-7-4-10/h10-11,13H,2-9H2,1H3. The first-order valence-electron chi connectivity index (χ1n) is 6.75. The molecular weight excluding hydrogens is 252 g/mol. The second-order valence-electron chi connectivity index (χ2n) is 5.21. The molecule has 0 bridgehead atoms. The number of amides is 1. The van der Waals surface area contributed by atoms with Gasteiger partial charge in [-0.25, -0.2) is 8.42 Å². The summed E-state index contributed by atoms with van der Waals surface area (Å²) in [6.45, 7) is 4.32. The van der Waals surface area contributed by atoms with Crippen molar-refractivity contribution in [2.24, 2.45) is 5.92 Å². The summed E-state index contributed by atoms with van der Waals surface area (Å²) in [6, 6.07) is -0.0950. The van der Waals surface area contributed by atoms with E-state index in [4.69, 9.17) is 0 Å². The summed E-state index contributed by atoms with van der Waals surface area (Å²) in [6.07, 6.45) is 2.34. The predicted molar refractivity (Wildman–Crippen MR) is 70.0 cm³/mol. The highest BCUT2D eigenvalue weighted by molar-refractivity contribution is 7.91. The Hall–Kier alpha value is -0.620. The molecule has 0 aliphatic carbocycles. The molecule has 1 amide bonds. The van der Waals surface area contributed by atoms with Gasteiger partial charge >= 0.3 is 0 Å². The zero-order chi connectivity index (χ0) is 13.2. The average molecular weight is 274 g/mol. The number of nitrogens with zero attached hydrogens (tertiary/aromatic N) is 1. The van der Waals surface area contributed by atoms with Gasteiger partial charge in [-0.1, -0.05) is 0 Å². The van der Waals surface area contributed by atoms with Crippen molar-refractivity contribution in [2.75, 3.05) is 31.1 Å².